The molecule has 2 saturated heterocycles. The lowest BCUT2D eigenvalue weighted by molar-refractivity contribution is -0.133. The summed E-state index contributed by atoms with van der Waals surface area (Å²) in [5, 5.41) is 3.42. The van der Waals surface area contributed by atoms with E-state index in [0.29, 0.717) is 18.2 Å². The van der Waals surface area contributed by atoms with Gasteiger partial charge >= 0.3 is 0 Å². The van der Waals surface area contributed by atoms with Crippen molar-refractivity contribution in [3.63, 3.8) is 0 Å². The van der Waals surface area contributed by atoms with Gasteiger partial charge in [0.25, 0.3) is 0 Å². The van der Waals surface area contributed by atoms with Gasteiger partial charge < -0.3 is 10.2 Å². The van der Waals surface area contributed by atoms with Crippen LogP contribution in [0.25, 0.3) is 0 Å². The van der Waals surface area contributed by atoms with Crippen LogP contribution >= 0.6 is 11.8 Å². The zero-order chi connectivity index (χ0) is 13.7. The Hall–Kier alpha value is -0.710. The molecule has 0 radical (unpaired) electrons. The molecule has 2 unspecified atom stereocenters. The first-order valence-electron chi connectivity index (χ1n) is 7.40. The Morgan fingerprint density at radius 2 is 2.21 bits per heavy atom. The zero-order valence-electron chi connectivity index (χ0n) is 11.7. The fourth-order valence-corrected chi connectivity index (χ4v) is 4.08. The molecule has 4 nitrogen and oxygen atoms in total. The van der Waals surface area contributed by atoms with Crippen LogP contribution in [0, 0.1) is 0 Å². The minimum Gasteiger partial charge on any atom is -0.344 e. The summed E-state index contributed by atoms with van der Waals surface area (Å²) in [5.74, 6) is 1.35. The molecule has 0 saturated carbocycles. The first kappa shape index (κ1) is 14.7. The molecule has 1 N–H and O–H groups in total. The van der Waals surface area contributed by atoms with E-state index < -0.39 is 0 Å². The summed E-state index contributed by atoms with van der Waals surface area (Å²) in [4.78, 5) is 26.0. The molecule has 2 aliphatic heterocycles. The van der Waals surface area contributed by atoms with Crippen molar-refractivity contribution in [1.29, 1.82) is 0 Å². The molecule has 0 aliphatic carbocycles. The molecule has 19 heavy (non-hydrogen) atoms. The molecule has 2 rings (SSSR count). The number of hydrogen-bond acceptors (Lipinski definition) is 3. The summed E-state index contributed by atoms with van der Waals surface area (Å²) >= 11 is 1.98. The Labute approximate surface area is 119 Å². The second kappa shape index (κ2) is 7.17. The Balaban J connectivity index is 1.96. The lowest BCUT2D eigenvalue weighted by atomic mass is 10.1. The highest BCUT2D eigenvalue weighted by Crippen LogP contribution is 2.26. The highest BCUT2D eigenvalue weighted by Gasteiger charge is 2.30. The largest absolute Gasteiger partial charge is 0.344 e. The van der Waals surface area contributed by atoms with E-state index in [4.69, 9.17) is 0 Å². The monoisotopic (exact) mass is 284 g/mol. The highest BCUT2D eigenvalue weighted by atomic mass is 32.2. The fraction of sp³-hybridized carbons (Fsp3) is 0.857. The summed E-state index contributed by atoms with van der Waals surface area (Å²) in [6, 6.07) is -0.298. The predicted octanol–water partition coefficient (Wildman–Crippen LogP) is 1.79. The topological polar surface area (TPSA) is 49.4 Å². The molecule has 2 fully saturated rings. The van der Waals surface area contributed by atoms with E-state index >= 15 is 0 Å². The van der Waals surface area contributed by atoms with Crippen molar-refractivity contribution in [2.75, 3.05) is 18.8 Å². The van der Waals surface area contributed by atoms with E-state index in [-0.39, 0.29) is 17.9 Å². The van der Waals surface area contributed by atoms with Gasteiger partial charge in [-0.2, -0.15) is 11.8 Å². The molecule has 0 aromatic rings. The highest BCUT2D eigenvalue weighted by molar-refractivity contribution is 7.99. The van der Waals surface area contributed by atoms with Gasteiger partial charge in [0.15, 0.2) is 0 Å². The predicted molar refractivity (Wildman–Crippen MR) is 78.1 cm³/mol. The molecular weight excluding hydrogens is 260 g/mol. The second-order valence-electron chi connectivity index (χ2n) is 5.43. The van der Waals surface area contributed by atoms with Crippen molar-refractivity contribution in [1.82, 2.24) is 10.2 Å². The number of carbonyl (C=O) groups excluding carboxylic acids is 2. The van der Waals surface area contributed by atoms with Crippen LogP contribution in [0.4, 0.5) is 0 Å². The third-order valence-electron chi connectivity index (χ3n) is 3.83. The van der Waals surface area contributed by atoms with E-state index in [0.717, 1.165) is 19.4 Å². The minimum atomic E-state index is -0.298. The van der Waals surface area contributed by atoms with Crippen LogP contribution in [0.5, 0.6) is 0 Å². The molecule has 108 valence electrons. The maximum atomic E-state index is 12.5. The van der Waals surface area contributed by atoms with Crippen molar-refractivity contribution in [2.24, 2.45) is 0 Å². The standard InChI is InChI=1S/C14H24N2O2S/c1-2-5-12-14(18)16(8-7-13(17)15-12)10-11-6-3-4-9-19-11/h11-12H,2-10H2,1H3,(H,15,17). The van der Waals surface area contributed by atoms with Gasteiger partial charge in [0.05, 0.1) is 0 Å². The molecule has 2 aliphatic rings. The number of carbonyl (C=O) groups is 2. The van der Waals surface area contributed by atoms with Crippen molar-refractivity contribution in [2.45, 2.75) is 56.7 Å². The third kappa shape index (κ3) is 4.13. The fourth-order valence-electron chi connectivity index (χ4n) is 2.76. The molecule has 5 heteroatoms. The van der Waals surface area contributed by atoms with Crippen LogP contribution < -0.4 is 5.32 Å². The summed E-state index contributed by atoms with van der Waals surface area (Å²) in [7, 11) is 0. The molecule has 2 amide bonds. The average molecular weight is 284 g/mol. The van der Waals surface area contributed by atoms with E-state index in [1.807, 2.05) is 23.6 Å². The van der Waals surface area contributed by atoms with E-state index in [1.54, 1.807) is 0 Å². The van der Waals surface area contributed by atoms with Crippen molar-refractivity contribution in [3.8, 4) is 0 Å². The van der Waals surface area contributed by atoms with Crippen LogP contribution in [0.1, 0.15) is 45.4 Å². The maximum absolute atomic E-state index is 12.5. The first-order chi connectivity index (χ1) is 9.20. The molecule has 0 aromatic carbocycles. The molecule has 2 atom stereocenters. The van der Waals surface area contributed by atoms with Gasteiger partial charge in [0.1, 0.15) is 6.04 Å². The Morgan fingerprint density at radius 3 is 2.89 bits per heavy atom. The van der Waals surface area contributed by atoms with Crippen LogP contribution in [-0.2, 0) is 9.59 Å². The average Bonchev–Trinajstić information content (AvgIpc) is 2.54. The van der Waals surface area contributed by atoms with Crippen LogP contribution in [0.3, 0.4) is 0 Å². The summed E-state index contributed by atoms with van der Waals surface area (Å²) in [6.45, 7) is 3.45. The van der Waals surface area contributed by atoms with E-state index in [9.17, 15) is 9.59 Å². The van der Waals surface area contributed by atoms with Gasteiger partial charge in [0.2, 0.25) is 11.8 Å². The number of thioether (sulfide) groups is 1. The van der Waals surface area contributed by atoms with E-state index in [1.165, 1.54) is 25.0 Å². The minimum absolute atomic E-state index is 0.0191. The number of nitrogens with one attached hydrogen (secondary N) is 1. The van der Waals surface area contributed by atoms with Gasteiger partial charge in [-0.05, 0) is 25.0 Å². The summed E-state index contributed by atoms with van der Waals surface area (Å²) in [6.07, 6.45) is 5.89. The normalized spacial score (nSPS) is 29.0. The lowest BCUT2D eigenvalue weighted by Gasteiger charge is -2.30. The molecule has 0 bridgehead atoms. The molecule has 0 aromatic heterocycles. The Morgan fingerprint density at radius 1 is 1.37 bits per heavy atom. The summed E-state index contributed by atoms with van der Waals surface area (Å²) in [5.41, 5.74) is 0. The quantitative estimate of drug-likeness (QED) is 0.856. The van der Waals surface area contributed by atoms with Crippen molar-refractivity contribution in [3.05, 3.63) is 0 Å². The molecule has 0 spiro atoms. The van der Waals surface area contributed by atoms with Gasteiger partial charge in [-0.1, -0.05) is 19.8 Å². The Bertz CT molecular complexity index is 329. The third-order valence-corrected chi connectivity index (χ3v) is 5.21. The number of rotatable bonds is 4. The van der Waals surface area contributed by atoms with Gasteiger partial charge in [-0.15, -0.1) is 0 Å². The van der Waals surface area contributed by atoms with Gasteiger partial charge in [-0.25, -0.2) is 0 Å². The van der Waals surface area contributed by atoms with Crippen molar-refractivity contribution < 1.29 is 9.59 Å². The second-order valence-corrected chi connectivity index (χ2v) is 6.84. The molecular formula is C14H24N2O2S. The lowest BCUT2D eigenvalue weighted by Crippen LogP contribution is -2.46. The number of hydrogen-bond donors (Lipinski definition) is 1. The molecule has 2 heterocycles. The van der Waals surface area contributed by atoms with E-state index in [2.05, 4.69) is 5.32 Å². The van der Waals surface area contributed by atoms with Crippen LogP contribution in [0.15, 0.2) is 0 Å². The zero-order valence-corrected chi connectivity index (χ0v) is 12.5. The number of nitrogens with zero attached hydrogens (tertiary/aromatic N) is 1. The Kier molecular flexibility index (Phi) is 5.55. The van der Waals surface area contributed by atoms with Crippen LogP contribution in [-0.4, -0.2) is 46.8 Å². The maximum Gasteiger partial charge on any atom is 0.245 e. The number of amides is 2. The SMILES string of the molecule is CCCC1NC(=O)CCN(CC2CCCCS2)C1=O. The smallest absolute Gasteiger partial charge is 0.245 e. The van der Waals surface area contributed by atoms with Crippen LogP contribution in [0.2, 0.25) is 0 Å². The van der Waals surface area contributed by atoms with Gasteiger partial charge in [0, 0.05) is 24.8 Å². The van der Waals surface area contributed by atoms with Crippen molar-refractivity contribution >= 4 is 23.6 Å². The van der Waals surface area contributed by atoms with Gasteiger partial charge in [-0.3, -0.25) is 9.59 Å². The first-order valence-corrected chi connectivity index (χ1v) is 8.45. The summed E-state index contributed by atoms with van der Waals surface area (Å²) < 4.78 is 0.